The predicted octanol–water partition coefficient (Wildman–Crippen LogP) is 3.00. The van der Waals surface area contributed by atoms with Gasteiger partial charge in [-0.05, 0) is 18.2 Å². The van der Waals surface area contributed by atoms with Crippen LogP contribution in [0.1, 0.15) is 16.1 Å². The Hall–Kier alpha value is -2.69. The van der Waals surface area contributed by atoms with Crippen LogP contribution >= 0.6 is 10.6 Å². The van der Waals surface area contributed by atoms with Gasteiger partial charge in [-0.25, -0.2) is 4.68 Å². The van der Waals surface area contributed by atoms with E-state index >= 15 is 0 Å². The minimum Gasteiger partial charge on any atom is -0.394 e. The molecule has 5 rings (SSSR count). The molecule has 1 aromatic heterocycles. The van der Waals surface area contributed by atoms with Gasteiger partial charge in [0.15, 0.2) is 5.69 Å². The van der Waals surface area contributed by atoms with Gasteiger partial charge in [0.05, 0.1) is 41.3 Å². The molecular weight excluding hydrogens is 418 g/mol. The Morgan fingerprint density at radius 2 is 1.87 bits per heavy atom. The first-order valence-corrected chi connectivity index (χ1v) is 11.8. The zero-order valence-electron chi connectivity index (χ0n) is 16.7. The highest BCUT2D eigenvalue weighted by Gasteiger charge is 2.38. The van der Waals surface area contributed by atoms with E-state index in [9.17, 15) is 19.0 Å². The number of rotatable bonds is 3. The minimum absolute atomic E-state index is 0.0684. The standard InChI is InChI=1S/C22H23N3O5S/c26-13-16-12-24(10-11-30-16)22(27)20-18-14-31(28,29)19-9-5-4-8-17(19)21(18)25(23-20)15-6-2-1-3-7-15/h1-9,16,26,28-29H,10-14H2. The Bertz CT molecular complexity index is 1130. The van der Waals surface area contributed by atoms with E-state index in [0.29, 0.717) is 34.9 Å². The molecule has 2 aliphatic heterocycles. The third-order valence-electron chi connectivity index (χ3n) is 5.66. The topological polar surface area (TPSA) is 108 Å². The molecule has 9 heteroatoms. The van der Waals surface area contributed by atoms with Crippen molar-refractivity contribution < 1.29 is 23.7 Å². The molecule has 3 aromatic rings. The number of amides is 1. The third-order valence-corrected chi connectivity index (χ3v) is 7.41. The maximum atomic E-state index is 13.5. The van der Waals surface area contributed by atoms with E-state index in [1.807, 2.05) is 42.5 Å². The van der Waals surface area contributed by atoms with Crippen molar-refractivity contribution in [2.24, 2.45) is 0 Å². The lowest BCUT2D eigenvalue weighted by atomic mass is 10.0. The lowest BCUT2D eigenvalue weighted by molar-refractivity contribution is -0.0448. The molecule has 1 atom stereocenters. The highest BCUT2D eigenvalue weighted by molar-refractivity contribution is 8.23. The molecule has 0 aliphatic carbocycles. The van der Waals surface area contributed by atoms with Gasteiger partial charge < -0.3 is 14.7 Å². The zero-order chi connectivity index (χ0) is 21.6. The molecule has 3 heterocycles. The van der Waals surface area contributed by atoms with Crippen molar-refractivity contribution in [3.63, 3.8) is 0 Å². The van der Waals surface area contributed by atoms with Gasteiger partial charge in [-0.15, -0.1) is 0 Å². The lowest BCUT2D eigenvalue weighted by Crippen LogP contribution is -2.47. The summed E-state index contributed by atoms with van der Waals surface area (Å²) in [5.74, 6) is -0.372. The lowest BCUT2D eigenvalue weighted by Gasteiger charge is -2.38. The molecule has 8 nitrogen and oxygen atoms in total. The Kier molecular flexibility index (Phi) is 5.07. The van der Waals surface area contributed by atoms with Gasteiger partial charge >= 0.3 is 0 Å². The van der Waals surface area contributed by atoms with Gasteiger partial charge in [0, 0.05) is 24.2 Å². The number of morpholine rings is 1. The normalized spacial score (nSPS) is 20.6. The van der Waals surface area contributed by atoms with Crippen molar-refractivity contribution in [2.75, 3.05) is 26.3 Å². The summed E-state index contributed by atoms with van der Waals surface area (Å²) in [5.41, 5.74) is 2.87. The van der Waals surface area contributed by atoms with Crippen LogP contribution in [-0.4, -0.2) is 67.2 Å². The van der Waals surface area contributed by atoms with Crippen LogP contribution in [0.3, 0.4) is 0 Å². The number of para-hydroxylation sites is 1. The monoisotopic (exact) mass is 441 g/mol. The number of ether oxygens (including phenoxy) is 1. The van der Waals surface area contributed by atoms with Crippen LogP contribution in [0.15, 0.2) is 59.5 Å². The molecule has 1 unspecified atom stereocenters. The summed E-state index contributed by atoms with van der Waals surface area (Å²) in [7, 11) is -3.12. The fraction of sp³-hybridized carbons (Fsp3) is 0.273. The number of aromatic nitrogens is 2. The number of hydrogen-bond donors (Lipinski definition) is 3. The molecular formula is C22H23N3O5S. The average Bonchev–Trinajstić information content (AvgIpc) is 3.18. The van der Waals surface area contributed by atoms with E-state index < -0.39 is 16.7 Å². The third kappa shape index (κ3) is 3.44. The van der Waals surface area contributed by atoms with Crippen LogP contribution in [0.25, 0.3) is 16.9 Å². The number of aliphatic hydroxyl groups is 1. The van der Waals surface area contributed by atoms with Gasteiger partial charge in [0.2, 0.25) is 0 Å². The fourth-order valence-electron chi connectivity index (χ4n) is 4.18. The summed E-state index contributed by atoms with van der Waals surface area (Å²) < 4.78 is 28.9. The van der Waals surface area contributed by atoms with E-state index in [1.165, 1.54) is 0 Å². The molecule has 1 saturated heterocycles. The van der Waals surface area contributed by atoms with Gasteiger partial charge in [-0.1, -0.05) is 36.4 Å². The molecule has 3 N–H and O–H groups in total. The summed E-state index contributed by atoms with van der Waals surface area (Å²) >= 11 is 0. The first-order chi connectivity index (χ1) is 15.0. The van der Waals surface area contributed by atoms with Crippen LogP contribution < -0.4 is 0 Å². The molecule has 31 heavy (non-hydrogen) atoms. The van der Waals surface area contributed by atoms with E-state index in [0.717, 1.165) is 5.69 Å². The number of hydrogen-bond acceptors (Lipinski definition) is 6. The highest BCUT2D eigenvalue weighted by Crippen LogP contribution is 2.59. The average molecular weight is 442 g/mol. The zero-order valence-corrected chi connectivity index (χ0v) is 17.5. The van der Waals surface area contributed by atoms with E-state index in [1.54, 1.807) is 21.7 Å². The fourth-order valence-corrected chi connectivity index (χ4v) is 5.83. The Labute approximate surface area is 181 Å². The van der Waals surface area contributed by atoms with Crippen LogP contribution in [-0.2, 0) is 10.5 Å². The quantitative estimate of drug-likeness (QED) is 0.577. The maximum absolute atomic E-state index is 13.5. The first kappa shape index (κ1) is 20.2. The summed E-state index contributed by atoms with van der Waals surface area (Å²) in [4.78, 5) is 15.5. The number of nitrogens with zero attached hydrogens (tertiary/aromatic N) is 3. The van der Waals surface area contributed by atoms with Gasteiger partial charge in [0.25, 0.3) is 5.91 Å². The van der Waals surface area contributed by atoms with Crippen LogP contribution in [0.5, 0.6) is 0 Å². The molecule has 1 fully saturated rings. The number of carbonyl (C=O) groups is 1. The SMILES string of the molecule is O=C(c1nn(-c2ccccc2)c2c1CS(O)(O)c1ccccc1-2)N1CCOC(CO)C1. The van der Waals surface area contributed by atoms with E-state index in [-0.39, 0.29) is 30.5 Å². The second-order valence-electron chi connectivity index (χ2n) is 7.66. The number of aliphatic hydroxyl groups excluding tert-OH is 1. The molecule has 0 spiro atoms. The van der Waals surface area contributed by atoms with Crippen LogP contribution in [0, 0.1) is 0 Å². The van der Waals surface area contributed by atoms with Crippen molar-refractivity contribution in [3.05, 3.63) is 65.9 Å². The first-order valence-electron chi connectivity index (χ1n) is 10.0. The van der Waals surface area contributed by atoms with Crippen molar-refractivity contribution in [1.82, 2.24) is 14.7 Å². The summed E-state index contributed by atoms with van der Waals surface area (Å²) in [6, 6.07) is 16.6. The summed E-state index contributed by atoms with van der Waals surface area (Å²) in [6.45, 7) is 0.801. The van der Waals surface area contributed by atoms with Crippen molar-refractivity contribution in [1.29, 1.82) is 0 Å². The van der Waals surface area contributed by atoms with Crippen LogP contribution in [0.2, 0.25) is 0 Å². The van der Waals surface area contributed by atoms with Gasteiger partial charge in [-0.2, -0.15) is 15.7 Å². The Balaban J connectivity index is 1.68. The van der Waals surface area contributed by atoms with Crippen molar-refractivity contribution in [3.8, 4) is 16.9 Å². The number of benzene rings is 2. The number of carbonyl (C=O) groups excluding carboxylic acids is 1. The van der Waals surface area contributed by atoms with Gasteiger partial charge in [-0.3, -0.25) is 13.9 Å². The molecule has 1 amide bonds. The molecule has 0 saturated carbocycles. The smallest absolute Gasteiger partial charge is 0.274 e. The molecule has 0 radical (unpaired) electrons. The maximum Gasteiger partial charge on any atom is 0.274 e. The van der Waals surface area contributed by atoms with Crippen LogP contribution in [0.4, 0.5) is 0 Å². The highest BCUT2D eigenvalue weighted by atomic mass is 32.3. The molecule has 2 aromatic carbocycles. The van der Waals surface area contributed by atoms with E-state index in [4.69, 9.17) is 4.74 Å². The molecule has 2 aliphatic rings. The Morgan fingerprint density at radius 1 is 1.13 bits per heavy atom. The van der Waals surface area contributed by atoms with Crippen molar-refractivity contribution >= 4 is 16.5 Å². The summed E-state index contributed by atoms with van der Waals surface area (Å²) in [5, 5.41) is 14.1. The Morgan fingerprint density at radius 3 is 2.65 bits per heavy atom. The largest absolute Gasteiger partial charge is 0.394 e. The second kappa shape index (κ2) is 7.77. The number of fused-ring (bicyclic) bond motifs is 3. The second-order valence-corrected chi connectivity index (χ2v) is 9.72. The minimum atomic E-state index is -3.12. The van der Waals surface area contributed by atoms with Crippen molar-refractivity contribution in [2.45, 2.75) is 16.8 Å². The van der Waals surface area contributed by atoms with E-state index in [2.05, 4.69) is 5.10 Å². The van der Waals surface area contributed by atoms with Gasteiger partial charge in [0.1, 0.15) is 0 Å². The molecule has 0 bridgehead atoms. The summed E-state index contributed by atoms with van der Waals surface area (Å²) in [6.07, 6.45) is -0.439. The predicted molar refractivity (Wildman–Crippen MR) is 117 cm³/mol. The molecule has 162 valence electrons.